The van der Waals surface area contributed by atoms with E-state index in [1.54, 1.807) is 0 Å². The average Bonchev–Trinajstić information content (AvgIpc) is 2.31. The number of imide groups is 1. The number of hydrogen-bond donors (Lipinski definition) is 0. The van der Waals surface area contributed by atoms with Crippen LogP contribution in [0.5, 0.6) is 0 Å². The molecule has 0 bridgehead atoms. The van der Waals surface area contributed by atoms with Crippen LogP contribution in [0.2, 0.25) is 18.1 Å². The molecule has 1 atom stereocenters. The molecule has 1 rings (SSSR count). The fraction of sp³-hybridized carbons (Fsp3) is 0.818. The van der Waals surface area contributed by atoms with Crippen molar-refractivity contribution in [3.63, 3.8) is 0 Å². The smallest absolute Gasteiger partial charge is 0.257 e. The number of hydrogen-bond acceptors (Lipinski definition) is 3. The van der Waals surface area contributed by atoms with E-state index in [1.165, 1.54) is 7.05 Å². The van der Waals surface area contributed by atoms with Gasteiger partial charge >= 0.3 is 0 Å². The summed E-state index contributed by atoms with van der Waals surface area (Å²) in [4.78, 5) is 24.3. The van der Waals surface area contributed by atoms with Crippen molar-refractivity contribution in [3.05, 3.63) is 0 Å². The van der Waals surface area contributed by atoms with Gasteiger partial charge in [-0.15, -0.1) is 0 Å². The Morgan fingerprint density at radius 3 is 2.12 bits per heavy atom. The Kier molecular flexibility index (Phi) is 3.31. The van der Waals surface area contributed by atoms with Crippen molar-refractivity contribution in [2.75, 3.05) is 7.05 Å². The standard InChI is InChI=1S/C11H21NO3Si/c1-11(2,3)16(5,6)15-8-7-9(13)12(4)10(8)14/h8H,7H2,1-6H3/t8-/m0/s1. The number of likely N-dealkylation sites (tertiary alicyclic amines) is 1. The molecular weight excluding hydrogens is 222 g/mol. The van der Waals surface area contributed by atoms with Crippen LogP contribution in [-0.4, -0.2) is 38.2 Å². The van der Waals surface area contributed by atoms with Crippen molar-refractivity contribution < 1.29 is 14.0 Å². The minimum Gasteiger partial charge on any atom is -0.404 e. The first kappa shape index (κ1) is 13.4. The summed E-state index contributed by atoms with van der Waals surface area (Å²) in [7, 11) is -0.457. The van der Waals surface area contributed by atoms with E-state index in [0.29, 0.717) is 0 Å². The highest BCUT2D eigenvalue weighted by atomic mass is 28.4. The lowest BCUT2D eigenvalue weighted by Crippen LogP contribution is -2.45. The normalized spacial score (nSPS) is 23.1. The molecule has 0 spiro atoms. The van der Waals surface area contributed by atoms with E-state index < -0.39 is 14.4 Å². The molecule has 0 unspecified atom stereocenters. The number of carbonyl (C=O) groups is 2. The first-order chi connectivity index (χ1) is 7.06. The Balaban J connectivity index is 2.77. The largest absolute Gasteiger partial charge is 0.404 e. The molecule has 0 aromatic carbocycles. The molecule has 0 saturated carbocycles. The molecule has 92 valence electrons. The average molecular weight is 243 g/mol. The second-order valence-corrected chi connectivity index (χ2v) is 10.6. The minimum absolute atomic E-state index is 0.0531. The number of nitrogens with zero attached hydrogens (tertiary/aromatic N) is 1. The summed E-state index contributed by atoms with van der Waals surface area (Å²) in [6, 6.07) is 0. The maximum atomic E-state index is 11.7. The lowest BCUT2D eigenvalue weighted by molar-refractivity contribution is -0.138. The van der Waals surface area contributed by atoms with Crippen LogP contribution in [0.3, 0.4) is 0 Å². The quantitative estimate of drug-likeness (QED) is 0.548. The van der Waals surface area contributed by atoms with Gasteiger partial charge < -0.3 is 4.43 Å². The SMILES string of the molecule is CN1C(=O)C[C@H](O[Si](C)(C)C(C)(C)C)C1=O. The molecule has 0 N–H and O–H groups in total. The van der Waals surface area contributed by atoms with Gasteiger partial charge in [-0.25, -0.2) is 0 Å². The third-order valence-electron chi connectivity index (χ3n) is 3.58. The highest BCUT2D eigenvalue weighted by molar-refractivity contribution is 6.74. The second-order valence-electron chi connectivity index (χ2n) is 5.86. The van der Waals surface area contributed by atoms with Gasteiger partial charge in [0.15, 0.2) is 8.32 Å². The van der Waals surface area contributed by atoms with Gasteiger partial charge in [0.2, 0.25) is 5.91 Å². The Labute approximate surface area is 98.1 Å². The molecule has 2 amide bonds. The zero-order valence-corrected chi connectivity index (χ0v) is 12.0. The number of amides is 2. The van der Waals surface area contributed by atoms with Crippen molar-refractivity contribution in [2.24, 2.45) is 0 Å². The van der Waals surface area contributed by atoms with E-state index in [1.807, 2.05) is 0 Å². The third-order valence-corrected chi connectivity index (χ3v) is 8.07. The van der Waals surface area contributed by atoms with Crippen molar-refractivity contribution >= 4 is 20.1 Å². The lowest BCUT2D eigenvalue weighted by atomic mass is 10.2. The predicted molar refractivity (Wildman–Crippen MR) is 64.5 cm³/mol. The van der Waals surface area contributed by atoms with E-state index >= 15 is 0 Å². The molecule has 16 heavy (non-hydrogen) atoms. The zero-order chi connectivity index (χ0) is 12.7. The molecule has 1 aliphatic heterocycles. The summed E-state index contributed by atoms with van der Waals surface area (Å²) in [5, 5.41) is 0.0531. The van der Waals surface area contributed by atoms with Crippen LogP contribution < -0.4 is 0 Å². The van der Waals surface area contributed by atoms with Gasteiger partial charge in [0.25, 0.3) is 5.91 Å². The van der Waals surface area contributed by atoms with E-state index in [4.69, 9.17) is 4.43 Å². The molecule has 0 aliphatic carbocycles. The van der Waals surface area contributed by atoms with Gasteiger partial charge in [-0.3, -0.25) is 14.5 Å². The van der Waals surface area contributed by atoms with Crippen LogP contribution in [0.1, 0.15) is 27.2 Å². The summed E-state index contributed by atoms with van der Waals surface area (Å²) in [6.07, 6.45) is -0.361. The second kappa shape index (κ2) is 3.96. The van der Waals surface area contributed by atoms with Crippen LogP contribution in [0.4, 0.5) is 0 Å². The van der Waals surface area contributed by atoms with Crippen molar-refractivity contribution in [1.82, 2.24) is 4.90 Å². The van der Waals surface area contributed by atoms with E-state index in [-0.39, 0.29) is 23.3 Å². The monoisotopic (exact) mass is 243 g/mol. The van der Waals surface area contributed by atoms with Gasteiger partial charge in [-0.2, -0.15) is 0 Å². The highest BCUT2D eigenvalue weighted by Gasteiger charge is 2.45. The summed E-state index contributed by atoms with van der Waals surface area (Å²) < 4.78 is 5.94. The Hall–Kier alpha value is -0.683. The van der Waals surface area contributed by atoms with Gasteiger partial charge in [0.05, 0.1) is 6.42 Å². The van der Waals surface area contributed by atoms with Crippen LogP contribution in [-0.2, 0) is 14.0 Å². The Morgan fingerprint density at radius 2 is 1.81 bits per heavy atom. The number of likely N-dealkylation sites (N-methyl/N-ethyl adjacent to an activating group) is 1. The Morgan fingerprint density at radius 1 is 1.31 bits per heavy atom. The maximum absolute atomic E-state index is 11.7. The molecule has 1 heterocycles. The minimum atomic E-state index is -1.97. The third kappa shape index (κ3) is 2.35. The van der Waals surface area contributed by atoms with Gasteiger partial charge in [0.1, 0.15) is 6.10 Å². The van der Waals surface area contributed by atoms with Crippen molar-refractivity contribution in [2.45, 2.75) is 51.4 Å². The molecule has 4 nitrogen and oxygen atoms in total. The number of carbonyl (C=O) groups excluding carboxylic acids is 2. The van der Waals surface area contributed by atoms with E-state index in [2.05, 4.69) is 33.9 Å². The van der Waals surface area contributed by atoms with E-state index in [0.717, 1.165) is 4.90 Å². The topological polar surface area (TPSA) is 46.6 Å². The summed E-state index contributed by atoms with van der Waals surface area (Å²) in [5.74, 6) is -0.344. The molecule has 0 aromatic rings. The fourth-order valence-electron chi connectivity index (χ4n) is 1.35. The number of rotatable bonds is 2. The Bertz CT molecular complexity index is 320. The fourth-order valence-corrected chi connectivity index (χ4v) is 2.60. The molecule has 1 fully saturated rings. The van der Waals surface area contributed by atoms with Crippen LogP contribution in [0.15, 0.2) is 0 Å². The van der Waals surface area contributed by atoms with Crippen molar-refractivity contribution in [3.8, 4) is 0 Å². The highest BCUT2D eigenvalue weighted by Crippen LogP contribution is 2.38. The van der Waals surface area contributed by atoms with Crippen LogP contribution >= 0.6 is 0 Å². The van der Waals surface area contributed by atoms with E-state index in [9.17, 15) is 9.59 Å². The molecular formula is C11H21NO3Si. The van der Waals surface area contributed by atoms with Crippen LogP contribution in [0, 0.1) is 0 Å². The van der Waals surface area contributed by atoms with Gasteiger partial charge in [-0.05, 0) is 18.1 Å². The lowest BCUT2D eigenvalue weighted by Gasteiger charge is -2.37. The molecule has 0 radical (unpaired) electrons. The first-order valence-corrected chi connectivity index (χ1v) is 8.45. The summed E-state index contributed by atoms with van der Waals surface area (Å²) in [5.41, 5.74) is 0. The van der Waals surface area contributed by atoms with Crippen molar-refractivity contribution in [1.29, 1.82) is 0 Å². The molecule has 0 aromatic heterocycles. The summed E-state index contributed by atoms with van der Waals surface area (Å²) in [6.45, 7) is 10.5. The summed E-state index contributed by atoms with van der Waals surface area (Å²) >= 11 is 0. The molecule has 5 heteroatoms. The van der Waals surface area contributed by atoms with Crippen LogP contribution in [0.25, 0.3) is 0 Å². The molecule has 1 saturated heterocycles. The molecule has 1 aliphatic rings. The zero-order valence-electron chi connectivity index (χ0n) is 11.0. The van der Waals surface area contributed by atoms with Gasteiger partial charge in [-0.1, -0.05) is 20.8 Å². The first-order valence-electron chi connectivity index (χ1n) is 5.54. The maximum Gasteiger partial charge on any atom is 0.257 e. The predicted octanol–water partition coefficient (Wildman–Crippen LogP) is 1.77. The van der Waals surface area contributed by atoms with Gasteiger partial charge in [0, 0.05) is 7.05 Å².